The number of alkyl halides is 1. The van der Waals surface area contributed by atoms with Gasteiger partial charge in [0, 0.05) is 5.33 Å². The number of carbonyl (C=O) groups excluding carboxylic acids is 1. The Morgan fingerprint density at radius 1 is 1.35 bits per heavy atom. The molecule has 1 rings (SSSR count). The first-order valence-electron chi connectivity index (χ1n) is 5.76. The third-order valence-corrected chi connectivity index (χ3v) is 3.21. The summed E-state index contributed by atoms with van der Waals surface area (Å²) in [4.78, 5) is 11.7. The van der Waals surface area contributed by atoms with Crippen LogP contribution in [-0.4, -0.2) is 12.6 Å². The second kappa shape index (κ2) is 5.67. The molecule has 0 radical (unpaired) electrons. The van der Waals surface area contributed by atoms with Gasteiger partial charge in [0.1, 0.15) is 0 Å². The van der Waals surface area contributed by atoms with Crippen molar-refractivity contribution in [3.05, 3.63) is 34.9 Å². The largest absolute Gasteiger partial charge is 0.462 e. The van der Waals surface area contributed by atoms with E-state index in [2.05, 4.69) is 42.8 Å². The summed E-state index contributed by atoms with van der Waals surface area (Å²) < 4.78 is 5.04. The zero-order chi connectivity index (χ0) is 13.1. The molecule has 0 heterocycles. The van der Waals surface area contributed by atoms with Crippen molar-refractivity contribution in [2.24, 2.45) is 0 Å². The fourth-order valence-electron chi connectivity index (χ4n) is 1.58. The lowest BCUT2D eigenvalue weighted by Gasteiger charge is -2.20. The van der Waals surface area contributed by atoms with Gasteiger partial charge >= 0.3 is 5.97 Å². The number of benzene rings is 1. The van der Waals surface area contributed by atoms with Gasteiger partial charge < -0.3 is 4.74 Å². The number of halogens is 1. The van der Waals surface area contributed by atoms with Crippen LogP contribution in [0.3, 0.4) is 0 Å². The van der Waals surface area contributed by atoms with E-state index in [1.807, 2.05) is 19.1 Å². The lowest BCUT2D eigenvalue weighted by Crippen LogP contribution is -2.14. The Labute approximate surface area is 111 Å². The van der Waals surface area contributed by atoms with E-state index in [1.165, 1.54) is 5.56 Å². The molecule has 3 heteroatoms. The fraction of sp³-hybridized carbons (Fsp3) is 0.500. The minimum absolute atomic E-state index is 0.0874. The minimum Gasteiger partial charge on any atom is -0.462 e. The zero-order valence-corrected chi connectivity index (χ0v) is 12.4. The molecule has 0 saturated carbocycles. The Kier molecular flexibility index (Phi) is 4.75. The molecule has 0 aliphatic rings. The van der Waals surface area contributed by atoms with Crippen molar-refractivity contribution >= 4 is 21.9 Å². The zero-order valence-electron chi connectivity index (χ0n) is 10.8. The topological polar surface area (TPSA) is 26.3 Å². The van der Waals surface area contributed by atoms with Crippen LogP contribution in [-0.2, 0) is 15.5 Å². The van der Waals surface area contributed by atoms with Crippen LogP contribution < -0.4 is 0 Å². The van der Waals surface area contributed by atoms with Crippen molar-refractivity contribution < 1.29 is 9.53 Å². The highest BCUT2D eigenvalue weighted by Gasteiger charge is 2.18. The van der Waals surface area contributed by atoms with E-state index in [-0.39, 0.29) is 11.4 Å². The standard InChI is InChI=1S/C14H19BrO2/c1-5-17-13(16)12-7-6-11(14(2,3)4)8-10(12)9-15/h6-8H,5,9H2,1-4H3. The Balaban J connectivity index is 3.14. The van der Waals surface area contributed by atoms with Crippen LogP contribution >= 0.6 is 15.9 Å². The second-order valence-corrected chi connectivity index (χ2v) is 5.54. The molecule has 0 N–H and O–H groups in total. The summed E-state index contributed by atoms with van der Waals surface area (Å²) in [6, 6.07) is 5.93. The maximum Gasteiger partial charge on any atom is 0.338 e. The lowest BCUT2D eigenvalue weighted by molar-refractivity contribution is 0.0525. The summed E-state index contributed by atoms with van der Waals surface area (Å²) in [6.07, 6.45) is 0. The Bertz CT molecular complexity index is 405. The fourth-order valence-corrected chi connectivity index (χ4v) is 2.04. The number of ether oxygens (including phenoxy) is 1. The molecule has 1 aromatic rings. The first-order valence-corrected chi connectivity index (χ1v) is 6.88. The van der Waals surface area contributed by atoms with Gasteiger partial charge in [-0.3, -0.25) is 0 Å². The molecule has 0 saturated heterocycles. The number of hydrogen-bond donors (Lipinski definition) is 0. The normalized spacial score (nSPS) is 11.4. The van der Waals surface area contributed by atoms with E-state index < -0.39 is 0 Å². The van der Waals surface area contributed by atoms with E-state index in [0.717, 1.165) is 5.56 Å². The summed E-state index contributed by atoms with van der Waals surface area (Å²) in [5.41, 5.74) is 2.94. The van der Waals surface area contributed by atoms with Crippen molar-refractivity contribution in [3.8, 4) is 0 Å². The van der Waals surface area contributed by atoms with Crippen LogP contribution in [0.1, 0.15) is 49.2 Å². The van der Waals surface area contributed by atoms with Gasteiger partial charge in [0.15, 0.2) is 0 Å². The maximum absolute atomic E-state index is 11.7. The molecule has 1 aromatic carbocycles. The molecule has 2 nitrogen and oxygen atoms in total. The van der Waals surface area contributed by atoms with Crippen molar-refractivity contribution in [3.63, 3.8) is 0 Å². The van der Waals surface area contributed by atoms with Crippen LogP contribution in [0.15, 0.2) is 18.2 Å². The minimum atomic E-state index is -0.248. The van der Waals surface area contributed by atoms with Crippen molar-refractivity contribution in [2.45, 2.75) is 38.4 Å². The van der Waals surface area contributed by atoms with Gasteiger partial charge in [-0.05, 0) is 29.5 Å². The predicted molar refractivity (Wildman–Crippen MR) is 73.7 cm³/mol. The van der Waals surface area contributed by atoms with Crippen molar-refractivity contribution in [1.82, 2.24) is 0 Å². The predicted octanol–water partition coefficient (Wildman–Crippen LogP) is 4.06. The highest BCUT2D eigenvalue weighted by molar-refractivity contribution is 9.08. The molecule has 0 atom stereocenters. The highest BCUT2D eigenvalue weighted by Crippen LogP contribution is 2.26. The van der Waals surface area contributed by atoms with Crippen molar-refractivity contribution in [2.75, 3.05) is 6.61 Å². The molecular weight excluding hydrogens is 280 g/mol. The van der Waals surface area contributed by atoms with Gasteiger partial charge in [-0.15, -0.1) is 0 Å². The third-order valence-electron chi connectivity index (χ3n) is 2.61. The summed E-state index contributed by atoms with van der Waals surface area (Å²) in [5, 5.41) is 0.658. The smallest absolute Gasteiger partial charge is 0.338 e. The van der Waals surface area contributed by atoms with E-state index in [1.54, 1.807) is 0 Å². The molecule has 0 amide bonds. The average Bonchev–Trinajstić information content (AvgIpc) is 2.27. The molecule has 0 fully saturated rings. The number of esters is 1. The van der Waals surface area contributed by atoms with E-state index >= 15 is 0 Å². The molecule has 17 heavy (non-hydrogen) atoms. The third kappa shape index (κ3) is 3.56. The van der Waals surface area contributed by atoms with Crippen LogP contribution in [0, 0.1) is 0 Å². The first kappa shape index (κ1) is 14.2. The Morgan fingerprint density at radius 3 is 2.47 bits per heavy atom. The summed E-state index contributed by atoms with van der Waals surface area (Å²) >= 11 is 3.42. The first-order chi connectivity index (χ1) is 7.90. The monoisotopic (exact) mass is 298 g/mol. The van der Waals surface area contributed by atoms with Crippen LogP contribution in [0.4, 0.5) is 0 Å². The summed E-state index contributed by atoms with van der Waals surface area (Å²) in [6.45, 7) is 8.69. The van der Waals surface area contributed by atoms with Crippen LogP contribution in [0.25, 0.3) is 0 Å². The number of hydrogen-bond acceptors (Lipinski definition) is 2. The lowest BCUT2D eigenvalue weighted by atomic mass is 9.85. The second-order valence-electron chi connectivity index (χ2n) is 4.98. The van der Waals surface area contributed by atoms with Gasteiger partial charge in [-0.1, -0.05) is 48.8 Å². The summed E-state index contributed by atoms with van der Waals surface area (Å²) in [5.74, 6) is -0.248. The molecule has 0 aromatic heterocycles. The molecule has 94 valence electrons. The molecule has 0 bridgehead atoms. The van der Waals surface area contributed by atoms with Gasteiger partial charge in [0.2, 0.25) is 0 Å². The Hall–Kier alpha value is -0.830. The van der Waals surface area contributed by atoms with E-state index in [0.29, 0.717) is 17.5 Å². The quantitative estimate of drug-likeness (QED) is 0.621. The van der Waals surface area contributed by atoms with Crippen LogP contribution in [0.5, 0.6) is 0 Å². The van der Waals surface area contributed by atoms with Gasteiger partial charge in [0.05, 0.1) is 12.2 Å². The molecular formula is C14H19BrO2. The number of carbonyl (C=O) groups is 1. The molecule has 0 aliphatic carbocycles. The van der Waals surface area contributed by atoms with Gasteiger partial charge in [-0.2, -0.15) is 0 Å². The maximum atomic E-state index is 11.7. The average molecular weight is 299 g/mol. The van der Waals surface area contributed by atoms with Gasteiger partial charge in [-0.25, -0.2) is 4.79 Å². The van der Waals surface area contributed by atoms with E-state index in [4.69, 9.17) is 4.74 Å². The van der Waals surface area contributed by atoms with Crippen molar-refractivity contribution in [1.29, 1.82) is 0 Å². The molecule has 0 spiro atoms. The number of rotatable bonds is 3. The van der Waals surface area contributed by atoms with Gasteiger partial charge in [0.25, 0.3) is 0 Å². The summed E-state index contributed by atoms with van der Waals surface area (Å²) in [7, 11) is 0. The Morgan fingerprint density at radius 2 is 2.00 bits per heavy atom. The molecule has 0 unspecified atom stereocenters. The molecule has 0 aliphatic heterocycles. The van der Waals surface area contributed by atoms with Crippen LogP contribution in [0.2, 0.25) is 0 Å². The SMILES string of the molecule is CCOC(=O)c1ccc(C(C)(C)C)cc1CBr. The van der Waals surface area contributed by atoms with E-state index in [9.17, 15) is 4.79 Å². The highest BCUT2D eigenvalue weighted by atomic mass is 79.9.